The van der Waals surface area contributed by atoms with Crippen molar-refractivity contribution in [2.75, 3.05) is 26.3 Å². The molecule has 1 aliphatic heterocycles. The maximum Gasteiger partial charge on any atom is 0.262 e. The van der Waals surface area contributed by atoms with E-state index in [2.05, 4.69) is 22.5 Å². The number of thiophene rings is 1. The Hall–Kier alpha value is -2.22. The van der Waals surface area contributed by atoms with Gasteiger partial charge in [0.2, 0.25) is 5.91 Å². The maximum absolute atomic E-state index is 13.1. The van der Waals surface area contributed by atoms with Gasteiger partial charge in [0.05, 0.1) is 18.1 Å². The smallest absolute Gasteiger partial charge is 0.262 e. The van der Waals surface area contributed by atoms with Crippen LogP contribution < -0.4 is 10.6 Å². The molecule has 0 radical (unpaired) electrons. The van der Waals surface area contributed by atoms with Crippen LogP contribution >= 0.6 is 11.3 Å². The maximum atomic E-state index is 13.1. The fourth-order valence-electron chi connectivity index (χ4n) is 3.44. The highest BCUT2D eigenvalue weighted by Crippen LogP contribution is 2.11. The monoisotopic (exact) mass is 415 g/mol. The van der Waals surface area contributed by atoms with E-state index in [0.717, 1.165) is 31.9 Å². The average Bonchev–Trinajstić information content (AvgIpc) is 3.29. The van der Waals surface area contributed by atoms with Gasteiger partial charge in [-0.1, -0.05) is 36.4 Å². The SMILES string of the molecule is CC(NC(=O)C(Cc1ccccc1)NC(=O)c1cccs1)C(C)N1CCOCC1. The van der Waals surface area contributed by atoms with Crippen molar-refractivity contribution < 1.29 is 14.3 Å². The number of ether oxygens (including phenoxy) is 1. The Kier molecular flexibility index (Phi) is 7.80. The molecule has 7 heteroatoms. The van der Waals surface area contributed by atoms with Crippen LogP contribution in [-0.2, 0) is 16.0 Å². The van der Waals surface area contributed by atoms with Gasteiger partial charge in [-0.3, -0.25) is 14.5 Å². The lowest BCUT2D eigenvalue weighted by Crippen LogP contribution is -2.56. The Morgan fingerprint density at radius 3 is 2.45 bits per heavy atom. The van der Waals surface area contributed by atoms with Crippen LogP contribution in [0, 0.1) is 0 Å². The number of nitrogens with one attached hydrogen (secondary N) is 2. The summed E-state index contributed by atoms with van der Waals surface area (Å²) in [6, 6.07) is 12.9. The van der Waals surface area contributed by atoms with Crippen LogP contribution in [-0.4, -0.2) is 61.1 Å². The molecular formula is C22H29N3O3S. The second-order valence-corrected chi connectivity index (χ2v) is 8.33. The zero-order chi connectivity index (χ0) is 20.6. The predicted octanol–water partition coefficient (Wildman–Crippen LogP) is 2.31. The summed E-state index contributed by atoms with van der Waals surface area (Å²) in [5, 5.41) is 7.89. The standard InChI is InChI=1S/C22H29N3O3S/c1-16(17(2)25-10-12-28-13-11-25)23-21(26)19(15-18-7-4-3-5-8-18)24-22(27)20-9-6-14-29-20/h3-9,14,16-17,19H,10-13,15H2,1-2H3,(H,23,26)(H,24,27). The molecule has 6 nitrogen and oxygen atoms in total. The van der Waals surface area contributed by atoms with Gasteiger partial charge in [0.25, 0.3) is 5.91 Å². The lowest BCUT2D eigenvalue weighted by molar-refractivity contribution is -0.124. The molecule has 1 saturated heterocycles. The van der Waals surface area contributed by atoms with Crippen molar-refractivity contribution in [1.29, 1.82) is 0 Å². The third-order valence-electron chi connectivity index (χ3n) is 5.36. The number of benzene rings is 1. The molecule has 2 aromatic rings. The molecule has 1 aromatic heterocycles. The normalized spacial score (nSPS) is 17.9. The number of carbonyl (C=O) groups is 2. The number of carbonyl (C=O) groups excluding carboxylic acids is 2. The van der Waals surface area contributed by atoms with Crippen molar-refractivity contribution in [2.45, 2.75) is 38.4 Å². The Labute approximate surface area is 176 Å². The molecular weight excluding hydrogens is 386 g/mol. The molecule has 3 atom stereocenters. The molecule has 3 unspecified atom stereocenters. The van der Waals surface area contributed by atoms with Crippen LogP contribution in [0.4, 0.5) is 0 Å². The first-order valence-corrected chi connectivity index (χ1v) is 10.9. The summed E-state index contributed by atoms with van der Waals surface area (Å²) in [7, 11) is 0. The zero-order valence-electron chi connectivity index (χ0n) is 17.0. The van der Waals surface area contributed by atoms with Crippen molar-refractivity contribution in [3.63, 3.8) is 0 Å². The van der Waals surface area contributed by atoms with Gasteiger partial charge >= 0.3 is 0 Å². The Balaban J connectivity index is 1.66. The molecule has 29 heavy (non-hydrogen) atoms. The molecule has 2 N–H and O–H groups in total. The third-order valence-corrected chi connectivity index (χ3v) is 6.23. The fourth-order valence-corrected chi connectivity index (χ4v) is 4.07. The van der Waals surface area contributed by atoms with Crippen molar-refractivity contribution in [2.24, 2.45) is 0 Å². The van der Waals surface area contributed by atoms with Gasteiger partial charge < -0.3 is 15.4 Å². The molecule has 1 aromatic carbocycles. The molecule has 3 rings (SSSR count). The summed E-state index contributed by atoms with van der Waals surface area (Å²) in [6.07, 6.45) is 0.447. The van der Waals surface area contributed by atoms with Crippen LogP contribution in [0.25, 0.3) is 0 Å². The number of nitrogens with zero attached hydrogens (tertiary/aromatic N) is 1. The second kappa shape index (κ2) is 10.5. The molecule has 156 valence electrons. The molecule has 1 aliphatic rings. The molecule has 0 bridgehead atoms. The van der Waals surface area contributed by atoms with E-state index in [1.54, 1.807) is 6.07 Å². The highest BCUT2D eigenvalue weighted by molar-refractivity contribution is 7.12. The van der Waals surface area contributed by atoms with Crippen LogP contribution in [0.5, 0.6) is 0 Å². The van der Waals surface area contributed by atoms with Gasteiger partial charge in [-0.15, -0.1) is 11.3 Å². The van der Waals surface area contributed by atoms with E-state index in [4.69, 9.17) is 4.74 Å². The van der Waals surface area contributed by atoms with Gasteiger partial charge in [0.15, 0.2) is 0 Å². The summed E-state index contributed by atoms with van der Waals surface area (Å²) in [6.45, 7) is 7.30. The second-order valence-electron chi connectivity index (χ2n) is 7.38. The van der Waals surface area contributed by atoms with E-state index in [1.165, 1.54) is 11.3 Å². The lowest BCUT2D eigenvalue weighted by Gasteiger charge is -2.36. The van der Waals surface area contributed by atoms with Crippen molar-refractivity contribution >= 4 is 23.2 Å². The summed E-state index contributed by atoms with van der Waals surface area (Å²) in [5.41, 5.74) is 1.01. The van der Waals surface area contributed by atoms with E-state index < -0.39 is 6.04 Å². The van der Waals surface area contributed by atoms with E-state index in [0.29, 0.717) is 11.3 Å². The topological polar surface area (TPSA) is 70.7 Å². The molecule has 1 fully saturated rings. The highest BCUT2D eigenvalue weighted by Gasteiger charge is 2.27. The summed E-state index contributed by atoms with van der Waals surface area (Å²) >= 11 is 1.37. The van der Waals surface area contributed by atoms with Gasteiger partial charge in [0, 0.05) is 31.6 Å². The Morgan fingerprint density at radius 1 is 1.07 bits per heavy atom. The number of hydrogen-bond acceptors (Lipinski definition) is 5. The van der Waals surface area contributed by atoms with Gasteiger partial charge in [-0.2, -0.15) is 0 Å². The highest BCUT2D eigenvalue weighted by atomic mass is 32.1. The first-order valence-electron chi connectivity index (χ1n) is 10.0. The van der Waals surface area contributed by atoms with E-state index >= 15 is 0 Å². The summed E-state index contributed by atoms with van der Waals surface area (Å²) in [5.74, 6) is -0.378. The van der Waals surface area contributed by atoms with Crippen LogP contribution in [0.15, 0.2) is 47.8 Å². The van der Waals surface area contributed by atoms with Crippen molar-refractivity contribution in [3.05, 3.63) is 58.3 Å². The minimum absolute atomic E-state index is 0.0440. The molecule has 0 saturated carbocycles. The quantitative estimate of drug-likeness (QED) is 0.694. The van der Waals surface area contributed by atoms with Gasteiger partial charge in [0.1, 0.15) is 6.04 Å². The predicted molar refractivity (Wildman–Crippen MR) is 115 cm³/mol. The van der Waals surface area contributed by atoms with Gasteiger partial charge in [-0.25, -0.2) is 0 Å². The van der Waals surface area contributed by atoms with Gasteiger partial charge in [-0.05, 0) is 30.9 Å². The van der Waals surface area contributed by atoms with Crippen LogP contribution in [0.3, 0.4) is 0 Å². The Morgan fingerprint density at radius 2 is 1.79 bits per heavy atom. The lowest BCUT2D eigenvalue weighted by atomic mass is 10.0. The first kappa shape index (κ1) is 21.5. The van der Waals surface area contributed by atoms with E-state index in [9.17, 15) is 9.59 Å². The number of hydrogen-bond donors (Lipinski definition) is 2. The molecule has 2 amide bonds. The van der Waals surface area contributed by atoms with E-state index in [1.807, 2.05) is 48.7 Å². The zero-order valence-corrected chi connectivity index (χ0v) is 17.8. The van der Waals surface area contributed by atoms with Crippen molar-refractivity contribution in [1.82, 2.24) is 15.5 Å². The minimum atomic E-state index is -0.633. The average molecular weight is 416 g/mol. The first-order chi connectivity index (χ1) is 14.0. The summed E-state index contributed by atoms with van der Waals surface area (Å²) in [4.78, 5) is 28.6. The third kappa shape index (κ3) is 6.13. The summed E-state index contributed by atoms with van der Waals surface area (Å²) < 4.78 is 5.42. The molecule has 0 spiro atoms. The minimum Gasteiger partial charge on any atom is -0.379 e. The number of amides is 2. The largest absolute Gasteiger partial charge is 0.379 e. The number of rotatable bonds is 8. The van der Waals surface area contributed by atoms with E-state index in [-0.39, 0.29) is 23.9 Å². The molecule has 0 aliphatic carbocycles. The Bertz CT molecular complexity index is 776. The van der Waals surface area contributed by atoms with Crippen LogP contribution in [0.2, 0.25) is 0 Å². The van der Waals surface area contributed by atoms with Crippen LogP contribution in [0.1, 0.15) is 29.1 Å². The van der Waals surface area contributed by atoms with Crippen molar-refractivity contribution in [3.8, 4) is 0 Å². The number of morpholine rings is 1. The fraction of sp³-hybridized carbons (Fsp3) is 0.455. The molecule has 2 heterocycles.